The van der Waals surface area contributed by atoms with Gasteiger partial charge < -0.3 is 15.3 Å². The number of nitrogens with zero attached hydrogens (tertiary/aromatic N) is 3. The summed E-state index contributed by atoms with van der Waals surface area (Å²) in [5, 5.41) is 21.0. The average molecular weight is 392 g/mol. The lowest BCUT2D eigenvalue weighted by molar-refractivity contribution is -0.384. The number of hydrogen-bond donors (Lipinski definition) is 2. The molecule has 0 radical (unpaired) electrons. The molecule has 0 unspecified atom stereocenters. The van der Waals surface area contributed by atoms with E-state index in [9.17, 15) is 28.1 Å². The number of likely N-dealkylation sites (N-methyl/N-ethyl adjacent to an activating group) is 1. The Morgan fingerprint density at radius 2 is 1.74 bits per heavy atom. The number of hydrogen-bond acceptors (Lipinski definition) is 6. The van der Waals surface area contributed by atoms with E-state index in [2.05, 4.69) is 10.2 Å². The molecule has 1 aliphatic rings. The maximum atomic E-state index is 12.2. The molecule has 1 heterocycles. The highest BCUT2D eigenvalue weighted by Crippen LogP contribution is 2.18. The molecule has 1 amide bonds. The molecular weight excluding hydrogens is 373 g/mol. The number of alkyl halides is 3. The number of anilines is 1. The number of carbonyl (C=O) groups is 2. The van der Waals surface area contributed by atoms with Crippen molar-refractivity contribution < 1.29 is 32.8 Å². The molecule has 1 fully saturated rings. The zero-order valence-corrected chi connectivity index (χ0v) is 14.4. The van der Waals surface area contributed by atoms with Crippen molar-refractivity contribution in [1.82, 2.24) is 10.2 Å². The van der Waals surface area contributed by atoms with Gasteiger partial charge in [-0.3, -0.25) is 19.8 Å². The van der Waals surface area contributed by atoms with E-state index in [0.29, 0.717) is 12.2 Å². The predicted octanol–water partition coefficient (Wildman–Crippen LogP) is 1.10. The molecule has 0 aliphatic carbocycles. The van der Waals surface area contributed by atoms with Crippen molar-refractivity contribution in [3.8, 4) is 0 Å². The van der Waals surface area contributed by atoms with Gasteiger partial charge in [-0.05, 0) is 12.1 Å². The van der Waals surface area contributed by atoms with Crippen LogP contribution in [0.4, 0.5) is 24.5 Å². The molecule has 12 heteroatoms. The van der Waals surface area contributed by atoms with Gasteiger partial charge in [-0.25, -0.2) is 4.79 Å². The Morgan fingerprint density at radius 1 is 1.26 bits per heavy atom. The summed E-state index contributed by atoms with van der Waals surface area (Å²) in [6, 6.07) is 6.00. The first kappa shape index (κ1) is 22.3. The topological polar surface area (TPSA) is 116 Å². The van der Waals surface area contributed by atoms with Crippen LogP contribution >= 0.6 is 0 Å². The summed E-state index contributed by atoms with van der Waals surface area (Å²) in [4.78, 5) is 34.8. The lowest BCUT2D eigenvalue weighted by atomic mass is 10.2. The molecule has 150 valence electrons. The zero-order chi connectivity index (χ0) is 20.6. The van der Waals surface area contributed by atoms with E-state index in [1.807, 2.05) is 0 Å². The lowest BCUT2D eigenvalue weighted by Gasteiger charge is -2.28. The number of rotatable bonds is 4. The Kier molecular flexibility index (Phi) is 8.12. The van der Waals surface area contributed by atoms with E-state index in [4.69, 9.17) is 9.90 Å². The molecule has 0 atom stereocenters. The fraction of sp³-hybridized carbons (Fsp3) is 0.467. The summed E-state index contributed by atoms with van der Waals surface area (Å²) in [6.45, 7) is 3.89. The fourth-order valence-electron chi connectivity index (χ4n) is 2.11. The van der Waals surface area contributed by atoms with E-state index >= 15 is 0 Å². The number of non-ortho nitro benzene ring substituents is 1. The summed E-state index contributed by atoms with van der Waals surface area (Å²) in [6.07, 6.45) is -5.08. The number of nitrogens with one attached hydrogen (secondary N) is 1. The number of nitro groups is 1. The molecule has 1 aromatic carbocycles. The maximum Gasteiger partial charge on any atom is 0.490 e. The molecule has 9 nitrogen and oxygen atoms in total. The third-order valence-electron chi connectivity index (χ3n) is 3.63. The highest BCUT2D eigenvalue weighted by atomic mass is 19.4. The number of carbonyl (C=O) groups excluding carboxylic acids is 1. The van der Waals surface area contributed by atoms with Gasteiger partial charge in [-0.1, -0.05) is 0 Å². The minimum atomic E-state index is -5.08. The Bertz CT molecular complexity index is 660. The molecule has 0 aromatic heterocycles. The van der Waals surface area contributed by atoms with Gasteiger partial charge in [-0.15, -0.1) is 0 Å². The van der Waals surface area contributed by atoms with Gasteiger partial charge in [0.05, 0.1) is 11.5 Å². The van der Waals surface area contributed by atoms with Crippen molar-refractivity contribution in [1.29, 1.82) is 0 Å². The highest BCUT2D eigenvalue weighted by molar-refractivity contribution is 5.94. The minimum absolute atomic E-state index is 0.0132. The van der Waals surface area contributed by atoms with Gasteiger partial charge in [0.25, 0.3) is 5.69 Å². The summed E-state index contributed by atoms with van der Waals surface area (Å²) in [7, 11) is 1.69. The second kappa shape index (κ2) is 9.83. The van der Waals surface area contributed by atoms with E-state index < -0.39 is 17.1 Å². The van der Waals surface area contributed by atoms with Crippen LogP contribution in [0, 0.1) is 10.1 Å². The number of aliphatic carboxylic acids is 1. The summed E-state index contributed by atoms with van der Waals surface area (Å²) >= 11 is 0. The minimum Gasteiger partial charge on any atom is -0.475 e. The highest BCUT2D eigenvalue weighted by Gasteiger charge is 2.38. The van der Waals surface area contributed by atoms with Crippen LogP contribution in [-0.4, -0.2) is 72.8 Å². The monoisotopic (exact) mass is 392 g/mol. The van der Waals surface area contributed by atoms with Crippen molar-refractivity contribution in [2.75, 3.05) is 44.7 Å². The average Bonchev–Trinajstić information content (AvgIpc) is 2.61. The van der Waals surface area contributed by atoms with Gasteiger partial charge >= 0.3 is 12.1 Å². The van der Waals surface area contributed by atoms with Gasteiger partial charge in [-0.2, -0.15) is 13.2 Å². The first-order valence-electron chi connectivity index (χ1n) is 7.76. The summed E-state index contributed by atoms with van der Waals surface area (Å²) < 4.78 is 31.7. The number of carboxylic acid groups (broad SMARTS) is 1. The predicted molar refractivity (Wildman–Crippen MR) is 89.5 cm³/mol. The molecule has 0 saturated carbocycles. The van der Waals surface area contributed by atoms with Crippen molar-refractivity contribution in [2.24, 2.45) is 0 Å². The number of benzene rings is 1. The van der Waals surface area contributed by atoms with Gasteiger partial charge in [0, 0.05) is 51.0 Å². The number of nitro benzene ring substituents is 1. The molecular formula is C15H19F3N4O5. The summed E-state index contributed by atoms with van der Waals surface area (Å²) in [5.41, 5.74) is 0.687. The second-order valence-corrected chi connectivity index (χ2v) is 5.56. The third-order valence-corrected chi connectivity index (χ3v) is 3.63. The van der Waals surface area contributed by atoms with E-state index in [1.165, 1.54) is 17.0 Å². The Labute approximate surface area is 152 Å². The van der Waals surface area contributed by atoms with Gasteiger partial charge in [0.1, 0.15) is 0 Å². The molecule has 1 saturated heterocycles. The van der Waals surface area contributed by atoms with Crippen LogP contribution in [0.15, 0.2) is 24.3 Å². The second-order valence-electron chi connectivity index (χ2n) is 5.56. The van der Waals surface area contributed by atoms with Crippen LogP contribution in [0.2, 0.25) is 0 Å². The molecule has 2 N–H and O–H groups in total. The first-order chi connectivity index (χ1) is 12.5. The van der Waals surface area contributed by atoms with Crippen molar-refractivity contribution in [2.45, 2.75) is 6.18 Å². The molecule has 0 bridgehead atoms. The van der Waals surface area contributed by atoms with E-state index in [1.54, 1.807) is 19.2 Å². The Hall–Kier alpha value is -2.73. The van der Waals surface area contributed by atoms with E-state index in [-0.39, 0.29) is 11.6 Å². The van der Waals surface area contributed by atoms with Crippen LogP contribution in [0.25, 0.3) is 0 Å². The fourth-order valence-corrected chi connectivity index (χ4v) is 2.11. The van der Waals surface area contributed by atoms with Crippen LogP contribution in [0.3, 0.4) is 0 Å². The smallest absolute Gasteiger partial charge is 0.475 e. The van der Waals surface area contributed by atoms with Crippen LogP contribution < -0.4 is 10.2 Å². The summed E-state index contributed by atoms with van der Waals surface area (Å²) in [5.74, 6) is -2.77. The van der Waals surface area contributed by atoms with Gasteiger partial charge in [0.15, 0.2) is 0 Å². The molecule has 1 aromatic rings. The van der Waals surface area contributed by atoms with Crippen molar-refractivity contribution in [3.05, 3.63) is 34.4 Å². The quantitative estimate of drug-likeness (QED) is 0.582. The van der Waals surface area contributed by atoms with Crippen LogP contribution in [0.1, 0.15) is 0 Å². The maximum absolute atomic E-state index is 12.2. The molecule has 27 heavy (non-hydrogen) atoms. The van der Waals surface area contributed by atoms with Crippen molar-refractivity contribution in [3.63, 3.8) is 0 Å². The molecule has 2 rings (SSSR count). The number of amides is 1. The lowest BCUT2D eigenvalue weighted by Crippen LogP contribution is -2.47. The Balaban J connectivity index is 0.000000445. The first-order valence-corrected chi connectivity index (χ1v) is 7.76. The van der Waals surface area contributed by atoms with Crippen LogP contribution in [0.5, 0.6) is 0 Å². The standard InChI is InChI=1S/C13H18N4O3.C2HF3O2/c1-15(11-2-4-12(5-3-11)17(19)20)13(18)10-16-8-6-14-7-9-16;3-2(4,5)1(6)7/h2-5,14H,6-10H2,1H3;(H,6,7). The zero-order valence-electron chi connectivity index (χ0n) is 14.4. The van der Waals surface area contributed by atoms with Crippen molar-refractivity contribution >= 4 is 23.3 Å². The third kappa shape index (κ3) is 7.58. The van der Waals surface area contributed by atoms with Gasteiger partial charge in [0.2, 0.25) is 5.91 Å². The molecule has 1 aliphatic heterocycles. The van der Waals surface area contributed by atoms with Crippen LogP contribution in [-0.2, 0) is 9.59 Å². The number of piperazine rings is 1. The number of carboxylic acids is 1. The largest absolute Gasteiger partial charge is 0.490 e. The van der Waals surface area contributed by atoms with E-state index in [0.717, 1.165) is 26.2 Å². The SMILES string of the molecule is CN(C(=O)CN1CCNCC1)c1ccc([N+](=O)[O-])cc1.O=C(O)C(F)(F)F. The molecule has 0 spiro atoms. The normalized spacial score (nSPS) is 14.7. The Morgan fingerprint density at radius 3 is 2.15 bits per heavy atom. The number of halogens is 3.